The maximum Gasteiger partial charge on any atom is 0.337 e. The normalized spacial score (nSPS) is 12.0. The largest absolute Gasteiger partial charge is 0.398 e. The van der Waals surface area contributed by atoms with Crippen LogP contribution in [0.3, 0.4) is 0 Å². The van der Waals surface area contributed by atoms with E-state index in [0.717, 1.165) is 18.5 Å². The van der Waals surface area contributed by atoms with E-state index in [1.54, 1.807) is 14.2 Å². The summed E-state index contributed by atoms with van der Waals surface area (Å²) in [5.41, 5.74) is 0. The number of hydrogen-bond acceptors (Lipinski definition) is 2. The van der Waals surface area contributed by atoms with Gasteiger partial charge in [0.1, 0.15) is 0 Å². The highest BCUT2D eigenvalue weighted by Crippen LogP contribution is 2.22. The maximum absolute atomic E-state index is 5.67. The monoisotopic (exact) mass is 224 g/mol. The minimum absolute atomic E-state index is 0.702. The fourth-order valence-electron chi connectivity index (χ4n) is 1.40. The smallest absolute Gasteiger partial charge is 0.337 e. The van der Waals surface area contributed by atoms with Crippen LogP contribution in [0, 0.1) is 0 Å². The summed E-state index contributed by atoms with van der Waals surface area (Å²) in [5, 5.41) is 0. The second-order valence-corrected chi connectivity index (χ2v) is 7.23. The lowest BCUT2D eigenvalue weighted by atomic mass is 10.4. The van der Waals surface area contributed by atoms with Crippen molar-refractivity contribution in [2.45, 2.75) is 38.3 Å². The topological polar surface area (TPSA) is 18.5 Å². The van der Waals surface area contributed by atoms with Crippen LogP contribution in [-0.2, 0) is 8.85 Å². The van der Waals surface area contributed by atoms with Crippen LogP contribution in [0.1, 0.15) is 26.2 Å². The van der Waals surface area contributed by atoms with Gasteiger partial charge in [0.15, 0.2) is 0 Å². The third-order valence-electron chi connectivity index (χ3n) is 2.35. The average molecular weight is 225 g/mol. The van der Waals surface area contributed by atoms with Gasteiger partial charge in [0, 0.05) is 20.1 Å². The molecule has 0 amide bonds. The minimum atomic E-state index is -1.87. The fourth-order valence-corrected chi connectivity index (χ4v) is 4.60. The molecule has 80 valence electrons. The molecule has 0 saturated heterocycles. The van der Waals surface area contributed by atoms with Crippen LogP contribution in [-0.4, -0.2) is 28.7 Å². The van der Waals surface area contributed by atoms with Crippen LogP contribution in [0.5, 0.6) is 0 Å². The first-order valence-corrected chi connectivity index (χ1v) is 7.67. The second kappa shape index (κ2) is 7.80. The van der Waals surface area contributed by atoms with E-state index >= 15 is 0 Å². The third-order valence-corrected chi connectivity index (χ3v) is 6.33. The summed E-state index contributed by atoms with van der Waals surface area (Å²) in [5.74, 6) is 0.702. The Balaban J connectivity index is 3.97. The highest BCUT2D eigenvalue weighted by molar-refractivity contribution is 6.67. The fraction of sp³-hybridized carbons (Fsp3) is 1.00. The van der Waals surface area contributed by atoms with E-state index < -0.39 is 8.56 Å². The predicted molar refractivity (Wildman–Crippen MR) is 59.6 cm³/mol. The lowest BCUT2D eigenvalue weighted by Gasteiger charge is -2.27. The average Bonchev–Trinajstić information content (AvgIpc) is 2.20. The summed E-state index contributed by atoms with van der Waals surface area (Å²) in [7, 11) is 1.66. The maximum atomic E-state index is 5.67. The van der Waals surface area contributed by atoms with Gasteiger partial charge in [0.05, 0.1) is 0 Å². The van der Waals surface area contributed by atoms with Crippen molar-refractivity contribution in [3.05, 3.63) is 0 Å². The molecule has 0 unspecified atom stereocenters. The van der Waals surface area contributed by atoms with Crippen LogP contribution in [0.2, 0.25) is 12.1 Å². The van der Waals surface area contributed by atoms with E-state index in [-0.39, 0.29) is 0 Å². The van der Waals surface area contributed by atoms with Crippen molar-refractivity contribution in [1.82, 2.24) is 0 Å². The first-order chi connectivity index (χ1) is 6.24. The Morgan fingerprint density at radius 3 is 2.00 bits per heavy atom. The zero-order chi connectivity index (χ0) is 10.2. The Kier molecular flexibility index (Phi) is 8.05. The van der Waals surface area contributed by atoms with Gasteiger partial charge in [-0.25, -0.2) is 0 Å². The standard InChI is InChI=1S/C9H21ClO2Si/c1-4-5-8-13(11-2,12-3)9-6-7-10/h4-9H2,1-3H3. The van der Waals surface area contributed by atoms with Gasteiger partial charge in [0.25, 0.3) is 0 Å². The van der Waals surface area contributed by atoms with E-state index in [1.165, 1.54) is 12.8 Å². The highest BCUT2D eigenvalue weighted by atomic mass is 35.5. The Hall–Kier alpha value is 0.427. The van der Waals surface area contributed by atoms with Crippen molar-refractivity contribution in [1.29, 1.82) is 0 Å². The Labute approximate surface area is 87.8 Å². The van der Waals surface area contributed by atoms with Crippen molar-refractivity contribution >= 4 is 20.2 Å². The first kappa shape index (κ1) is 13.4. The summed E-state index contributed by atoms with van der Waals surface area (Å²) < 4.78 is 11.1. The number of unbranched alkanes of at least 4 members (excludes halogenated alkanes) is 1. The molecule has 0 aromatic rings. The lowest BCUT2D eigenvalue weighted by Crippen LogP contribution is -2.39. The van der Waals surface area contributed by atoms with E-state index in [1.807, 2.05) is 0 Å². The molecule has 0 aliphatic rings. The molecule has 0 aliphatic carbocycles. The SMILES string of the molecule is CCCC[Si](CCCCl)(OC)OC. The zero-order valence-electron chi connectivity index (χ0n) is 8.94. The molecule has 0 fully saturated rings. The summed E-state index contributed by atoms with van der Waals surface area (Å²) in [6, 6.07) is 2.11. The van der Waals surface area contributed by atoms with Gasteiger partial charge in [-0.15, -0.1) is 11.6 Å². The second-order valence-electron chi connectivity index (χ2n) is 3.22. The molecule has 4 heteroatoms. The summed E-state index contributed by atoms with van der Waals surface area (Å²) in [4.78, 5) is 0. The van der Waals surface area contributed by atoms with Gasteiger partial charge in [-0.2, -0.15) is 0 Å². The molecular weight excluding hydrogens is 204 g/mol. The van der Waals surface area contributed by atoms with Crippen LogP contribution in [0.25, 0.3) is 0 Å². The van der Waals surface area contributed by atoms with Gasteiger partial charge in [-0.05, 0) is 18.5 Å². The molecule has 0 atom stereocenters. The van der Waals surface area contributed by atoms with Crippen molar-refractivity contribution in [3.63, 3.8) is 0 Å². The summed E-state index contributed by atoms with van der Waals surface area (Å²) in [6.07, 6.45) is 3.39. The molecule has 0 heterocycles. The van der Waals surface area contributed by atoms with Crippen molar-refractivity contribution < 1.29 is 8.85 Å². The quantitative estimate of drug-likeness (QED) is 0.466. The van der Waals surface area contributed by atoms with Crippen LogP contribution < -0.4 is 0 Å². The van der Waals surface area contributed by atoms with Gasteiger partial charge < -0.3 is 8.85 Å². The molecule has 0 aliphatic heterocycles. The van der Waals surface area contributed by atoms with Crippen molar-refractivity contribution in [2.24, 2.45) is 0 Å². The number of rotatable bonds is 8. The molecule has 0 rings (SSSR count). The molecule has 2 nitrogen and oxygen atoms in total. The van der Waals surface area contributed by atoms with Gasteiger partial charge in [-0.3, -0.25) is 0 Å². The number of halogens is 1. The molecule has 0 aromatic carbocycles. The minimum Gasteiger partial charge on any atom is -0.398 e. The van der Waals surface area contributed by atoms with Crippen LogP contribution >= 0.6 is 11.6 Å². The number of alkyl halides is 1. The molecule has 0 N–H and O–H groups in total. The molecule has 13 heavy (non-hydrogen) atoms. The molecule has 0 bridgehead atoms. The van der Waals surface area contributed by atoms with Crippen LogP contribution in [0.4, 0.5) is 0 Å². The van der Waals surface area contributed by atoms with Crippen LogP contribution in [0.15, 0.2) is 0 Å². The Morgan fingerprint density at radius 2 is 1.62 bits per heavy atom. The third kappa shape index (κ3) is 5.01. The van der Waals surface area contributed by atoms with Gasteiger partial charge in [-0.1, -0.05) is 19.8 Å². The molecule has 0 saturated carbocycles. The Bertz CT molecular complexity index is 108. The molecule has 0 radical (unpaired) electrons. The van der Waals surface area contributed by atoms with Gasteiger partial charge in [0.2, 0.25) is 0 Å². The van der Waals surface area contributed by atoms with E-state index in [9.17, 15) is 0 Å². The van der Waals surface area contributed by atoms with Crippen molar-refractivity contribution in [2.75, 3.05) is 20.1 Å². The Morgan fingerprint density at radius 1 is 1.08 bits per heavy atom. The molecular formula is C9H21ClO2Si. The van der Waals surface area contributed by atoms with Crippen molar-refractivity contribution in [3.8, 4) is 0 Å². The lowest BCUT2D eigenvalue weighted by molar-refractivity contribution is 0.240. The van der Waals surface area contributed by atoms with E-state index in [0.29, 0.717) is 5.88 Å². The molecule has 0 spiro atoms. The van der Waals surface area contributed by atoms with Gasteiger partial charge >= 0.3 is 8.56 Å². The first-order valence-electron chi connectivity index (χ1n) is 4.91. The highest BCUT2D eigenvalue weighted by Gasteiger charge is 2.33. The summed E-state index contributed by atoms with van der Waals surface area (Å²) in [6.45, 7) is 2.19. The van der Waals surface area contributed by atoms with E-state index in [2.05, 4.69) is 6.92 Å². The zero-order valence-corrected chi connectivity index (χ0v) is 10.7. The number of hydrogen-bond donors (Lipinski definition) is 0. The molecule has 0 aromatic heterocycles. The summed E-state index contributed by atoms with van der Waals surface area (Å²) >= 11 is 5.67. The predicted octanol–water partition coefficient (Wildman–Crippen LogP) is 3.15. The van der Waals surface area contributed by atoms with E-state index in [4.69, 9.17) is 20.5 Å².